The highest BCUT2D eigenvalue weighted by Gasteiger charge is 2.06. The summed E-state index contributed by atoms with van der Waals surface area (Å²) in [6, 6.07) is 3.11. The maximum absolute atomic E-state index is 12.9. The molecule has 1 aromatic carbocycles. The Morgan fingerprint density at radius 2 is 2.18 bits per heavy atom. The summed E-state index contributed by atoms with van der Waals surface area (Å²) in [6.45, 7) is 1.79. The first kappa shape index (κ1) is 6.27. The summed E-state index contributed by atoms with van der Waals surface area (Å²) in [6.07, 6.45) is 0. The van der Waals surface area contributed by atoms with E-state index in [1.807, 2.05) is 0 Å². The fraction of sp³-hybridized carbons (Fsp3) is 0.143. The van der Waals surface area contributed by atoms with Gasteiger partial charge in [-0.15, -0.1) is 0 Å². The third kappa shape index (κ3) is 0.869. The zero-order valence-electron chi connectivity index (χ0n) is 5.84. The lowest BCUT2D eigenvalue weighted by Gasteiger charge is -1.90. The van der Waals surface area contributed by atoms with Crippen molar-refractivity contribution < 1.29 is 9.02 Å². The molecule has 0 unspecified atom stereocenters. The van der Waals surface area contributed by atoms with Gasteiger partial charge in [-0.25, -0.2) is 9.02 Å². The lowest BCUT2D eigenvalue weighted by molar-refractivity contribution is 0.314. The second-order valence-corrected chi connectivity index (χ2v) is 2.38. The van der Waals surface area contributed by atoms with Crippen molar-refractivity contribution in [1.82, 2.24) is 10.3 Å². The van der Waals surface area contributed by atoms with Crippen molar-refractivity contribution >= 4 is 11.0 Å². The van der Waals surface area contributed by atoms with Gasteiger partial charge in [0.1, 0.15) is 5.52 Å². The summed E-state index contributed by atoms with van der Waals surface area (Å²) >= 11 is 0. The molecule has 0 amide bonds. The second-order valence-electron chi connectivity index (χ2n) is 2.38. The molecule has 56 valence electrons. The van der Waals surface area contributed by atoms with Crippen molar-refractivity contribution in [3.63, 3.8) is 0 Å². The topological polar surface area (TPSA) is 38.9 Å². The zero-order valence-corrected chi connectivity index (χ0v) is 5.84. The van der Waals surface area contributed by atoms with Gasteiger partial charge in [-0.1, -0.05) is 0 Å². The van der Waals surface area contributed by atoms with E-state index >= 15 is 0 Å². The summed E-state index contributed by atoms with van der Waals surface area (Å²) < 4.78 is 17.3. The van der Waals surface area contributed by atoms with Gasteiger partial charge >= 0.3 is 0 Å². The van der Waals surface area contributed by atoms with E-state index in [9.17, 15) is 4.39 Å². The first-order valence-electron chi connectivity index (χ1n) is 3.16. The van der Waals surface area contributed by atoms with Crippen molar-refractivity contribution in [2.75, 3.05) is 0 Å². The summed E-state index contributed by atoms with van der Waals surface area (Å²) in [4.78, 5) is 0. The van der Waals surface area contributed by atoms with Crippen molar-refractivity contribution in [3.05, 3.63) is 23.5 Å². The first-order valence-corrected chi connectivity index (χ1v) is 3.16. The van der Waals surface area contributed by atoms with Crippen LogP contribution in [0.3, 0.4) is 0 Å². The van der Waals surface area contributed by atoms with Crippen LogP contribution in [0.5, 0.6) is 0 Å². The van der Waals surface area contributed by atoms with Gasteiger partial charge < -0.3 is 0 Å². The molecule has 3 nitrogen and oxygen atoms in total. The van der Waals surface area contributed by atoms with E-state index in [0.29, 0.717) is 5.52 Å². The Balaban J connectivity index is 2.91. The summed E-state index contributed by atoms with van der Waals surface area (Å²) in [5.74, 6) is -0.388. The Bertz CT molecular complexity index is 396. The minimum Gasteiger partial charge on any atom is -0.243 e. The molecular weight excluding hydrogens is 147 g/mol. The Morgan fingerprint density at radius 3 is 3.00 bits per heavy atom. The molecule has 1 heterocycles. The fourth-order valence-electron chi connectivity index (χ4n) is 0.981. The van der Waals surface area contributed by atoms with Gasteiger partial charge in [0.05, 0.1) is 0 Å². The number of aryl methyl sites for hydroxylation is 1. The number of rotatable bonds is 0. The Morgan fingerprint density at radius 1 is 1.36 bits per heavy atom. The number of benzene rings is 1. The molecule has 2 aromatic rings. The number of aromatic nitrogens is 2. The quantitative estimate of drug-likeness (QED) is 0.576. The lowest BCUT2D eigenvalue weighted by Crippen LogP contribution is -1.80. The first-order chi connectivity index (χ1) is 5.27. The van der Waals surface area contributed by atoms with Crippen molar-refractivity contribution in [1.29, 1.82) is 0 Å². The van der Waals surface area contributed by atoms with Gasteiger partial charge in [0.15, 0.2) is 11.3 Å². The van der Waals surface area contributed by atoms with Crippen molar-refractivity contribution in [3.8, 4) is 0 Å². The van der Waals surface area contributed by atoms with Crippen LogP contribution in [0.2, 0.25) is 0 Å². The van der Waals surface area contributed by atoms with Crippen LogP contribution >= 0.6 is 0 Å². The van der Waals surface area contributed by atoms with Crippen LogP contribution in [0.25, 0.3) is 11.0 Å². The number of hydrogen-bond donors (Lipinski definition) is 0. The van der Waals surface area contributed by atoms with E-state index in [4.69, 9.17) is 0 Å². The summed E-state index contributed by atoms with van der Waals surface area (Å²) in [5.41, 5.74) is 1.46. The molecule has 0 N–H and O–H groups in total. The third-order valence-electron chi connectivity index (χ3n) is 1.46. The molecule has 0 saturated carbocycles. The monoisotopic (exact) mass is 152 g/mol. The lowest BCUT2D eigenvalue weighted by atomic mass is 10.2. The highest BCUT2D eigenvalue weighted by Crippen LogP contribution is 2.15. The number of halogens is 1. The third-order valence-corrected chi connectivity index (χ3v) is 1.46. The largest absolute Gasteiger partial charge is 0.243 e. The molecular formula is C7H5FN2O. The van der Waals surface area contributed by atoms with Crippen LogP contribution in [0, 0.1) is 12.7 Å². The van der Waals surface area contributed by atoms with Crippen LogP contribution in [0.15, 0.2) is 16.8 Å². The van der Waals surface area contributed by atoms with Gasteiger partial charge in [-0.3, -0.25) is 0 Å². The average Bonchev–Trinajstić information content (AvgIpc) is 2.34. The number of hydrogen-bond acceptors (Lipinski definition) is 3. The van der Waals surface area contributed by atoms with Gasteiger partial charge in [-0.05, 0) is 34.9 Å². The minimum atomic E-state index is -0.388. The molecule has 0 bridgehead atoms. The molecule has 0 aliphatic heterocycles. The standard InChI is InChI=1S/C7H5FN2O/c1-4-2-5(8)7-6(3-4)9-11-10-7/h2-3H,1H3. The second kappa shape index (κ2) is 2.02. The molecule has 0 saturated heterocycles. The van der Waals surface area contributed by atoms with Crippen LogP contribution in [0.1, 0.15) is 5.56 Å². The van der Waals surface area contributed by atoms with Gasteiger partial charge in [0, 0.05) is 0 Å². The summed E-state index contributed by atoms with van der Waals surface area (Å²) in [5, 5.41) is 6.91. The number of nitrogens with zero attached hydrogens (tertiary/aromatic N) is 2. The fourth-order valence-corrected chi connectivity index (χ4v) is 0.981. The molecule has 11 heavy (non-hydrogen) atoms. The minimum absolute atomic E-state index is 0.190. The van der Waals surface area contributed by atoms with E-state index in [2.05, 4.69) is 14.9 Å². The maximum Gasteiger partial charge on any atom is 0.170 e. The van der Waals surface area contributed by atoms with Crippen LogP contribution < -0.4 is 0 Å². The van der Waals surface area contributed by atoms with E-state index in [0.717, 1.165) is 5.56 Å². The molecule has 0 aliphatic carbocycles. The highest BCUT2D eigenvalue weighted by molar-refractivity contribution is 5.74. The molecule has 0 atom stereocenters. The normalized spacial score (nSPS) is 10.7. The van der Waals surface area contributed by atoms with Crippen molar-refractivity contribution in [2.45, 2.75) is 6.92 Å². The molecule has 0 aliphatic rings. The molecule has 2 rings (SSSR count). The van der Waals surface area contributed by atoms with Crippen LogP contribution in [0.4, 0.5) is 4.39 Å². The highest BCUT2D eigenvalue weighted by atomic mass is 19.1. The molecule has 1 aromatic heterocycles. The smallest absolute Gasteiger partial charge is 0.170 e. The molecule has 0 spiro atoms. The number of fused-ring (bicyclic) bond motifs is 1. The Kier molecular flexibility index (Phi) is 1.15. The van der Waals surface area contributed by atoms with E-state index in [1.54, 1.807) is 13.0 Å². The van der Waals surface area contributed by atoms with Gasteiger partial charge in [0.2, 0.25) is 0 Å². The van der Waals surface area contributed by atoms with Gasteiger partial charge in [-0.2, -0.15) is 0 Å². The predicted octanol–water partition coefficient (Wildman–Crippen LogP) is 1.67. The van der Waals surface area contributed by atoms with E-state index in [1.165, 1.54) is 6.07 Å². The molecule has 0 fully saturated rings. The van der Waals surface area contributed by atoms with E-state index in [-0.39, 0.29) is 11.3 Å². The van der Waals surface area contributed by atoms with Crippen LogP contribution in [-0.4, -0.2) is 10.3 Å². The molecule has 4 heteroatoms. The SMILES string of the molecule is Cc1cc(F)c2nonc2c1. The summed E-state index contributed by atoms with van der Waals surface area (Å²) in [7, 11) is 0. The molecule has 0 radical (unpaired) electrons. The van der Waals surface area contributed by atoms with Crippen molar-refractivity contribution in [2.24, 2.45) is 0 Å². The predicted molar refractivity (Wildman–Crippen MR) is 36.5 cm³/mol. The van der Waals surface area contributed by atoms with E-state index < -0.39 is 0 Å². The maximum atomic E-state index is 12.9. The van der Waals surface area contributed by atoms with Gasteiger partial charge in [0.25, 0.3) is 0 Å². The Hall–Kier alpha value is -1.45. The Labute approximate surface area is 61.8 Å². The van der Waals surface area contributed by atoms with Crippen LogP contribution in [-0.2, 0) is 0 Å². The zero-order chi connectivity index (χ0) is 7.84. The average molecular weight is 152 g/mol.